The van der Waals surface area contributed by atoms with Crippen molar-refractivity contribution in [1.82, 2.24) is 10.3 Å². The van der Waals surface area contributed by atoms with E-state index in [4.69, 9.17) is 4.74 Å². The van der Waals surface area contributed by atoms with E-state index in [0.29, 0.717) is 10.7 Å². The van der Waals surface area contributed by atoms with E-state index in [1.54, 1.807) is 19.2 Å². The molecule has 34 heavy (non-hydrogen) atoms. The molecule has 0 saturated heterocycles. The van der Waals surface area contributed by atoms with Gasteiger partial charge in [0, 0.05) is 16.0 Å². The monoisotopic (exact) mass is 479 g/mol. The zero-order valence-electron chi connectivity index (χ0n) is 20.9. The van der Waals surface area contributed by atoms with Crippen molar-refractivity contribution < 1.29 is 14.3 Å². The number of aryl methyl sites for hydroxylation is 1. The third-order valence-corrected chi connectivity index (χ3v) is 6.53. The van der Waals surface area contributed by atoms with Crippen molar-refractivity contribution in [3.05, 3.63) is 64.5 Å². The van der Waals surface area contributed by atoms with Crippen molar-refractivity contribution in [3.8, 4) is 17.0 Å². The summed E-state index contributed by atoms with van der Waals surface area (Å²) in [5, 5.41) is 6.28. The Balaban J connectivity index is 1.72. The molecule has 0 radical (unpaired) electrons. The van der Waals surface area contributed by atoms with Crippen LogP contribution in [0.15, 0.2) is 48.5 Å². The summed E-state index contributed by atoms with van der Waals surface area (Å²) in [5.41, 5.74) is 3.44. The first-order valence-electron chi connectivity index (χ1n) is 11.3. The molecule has 7 heteroatoms. The van der Waals surface area contributed by atoms with Crippen molar-refractivity contribution in [2.24, 2.45) is 5.92 Å². The Morgan fingerprint density at radius 1 is 1.00 bits per heavy atom. The first-order valence-corrected chi connectivity index (χ1v) is 12.2. The van der Waals surface area contributed by atoms with Crippen LogP contribution in [0.5, 0.6) is 5.75 Å². The number of carbonyl (C=O) groups is 2. The number of hydrogen-bond donors (Lipinski definition) is 2. The van der Waals surface area contributed by atoms with E-state index in [-0.39, 0.29) is 23.1 Å². The summed E-state index contributed by atoms with van der Waals surface area (Å²) in [6, 6.07) is 14.5. The lowest BCUT2D eigenvalue weighted by Gasteiger charge is -2.22. The number of methoxy groups -OCH3 is 1. The van der Waals surface area contributed by atoms with Crippen molar-refractivity contribution in [2.75, 3.05) is 12.4 Å². The Labute approximate surface area is 205 Å². The van der Waals surface area contributed by atoms with Crippen LogP contribution in [0.1, 0.15) is 55.4 Å². The molecular formula is C27H33N3O3S. The van der Waals surface area contributed by atoms with Crippen LogP contribution in [-0.4, -0.2) is 29.9 Å². The van der Waals surface area contributed by atoms with Gasteiger partial charge in [-0.2, -0.15) is 0 Å². The van der Waals surface area contributed by atoms with Gasteiger partial charge in [-0.3, -0.25) is 9.59 Å². The number of aromatic nitrogens is 1. The minimum atomic E-state index is -0.691. The second-order valence-corrected chi connectivity index (χ2v) is 10.9. The Hall–Kier alpha value is -3.19. The van der Waals surface area contributed by atoms with Crippen LogP contribution in [0, 0.1) is 12.8 Å². The summed E-state index contributed by atoms with van der Waals surface area (Å²) in [7, 11) is 1.63. The lowest BCUT2D eigenvalue weighted by atomic mass is 9.86. The number of thiazole rings is 1. The molecule has 0 spiro atoms. The van der Waals surface area contributed by atoms with Gasteiger partial charge in [0.05, 0.1) is 12.8 Å². The molecule has 180 valence electrons. The molecule has 0 saturated carbocycles. The van der Waals surface area contributed by atoms with E-state index in [1.165, 1.54) is 11.3 Å². The summed E-state index contributed by atoms with van der Waals surface area (Å²) in [5.74, 6) is 0.113. The van der Waals surface area contributed by atoms with Gasteiger partial charge < -0.3 is 15.4 Å². The zero-order valence-corrected chi connectivity index (χ0v) is 21.7. The van der Waals surface area contributed by atoms with Crippen molar-refractivity contribution in [2.45, 2.75) is 53.0 Å². The third-order valence-electron chi connectivity index (χ3n) is 5.64. The molecule has 1 unspecified atom stereocenters. The summed E-state index contributed by atoms with van der Waals surface area (Å²) in [6.45, 7) is 12.2. The number of hydrogen-bond acceptors (Lipinski definition) is 5. The number of carbonyl (C=O) groups excluding carboxylic acids is 2. The van der Waals surface area contributed by atoms with E-state index < -0.39 is 6.04 Å². The Kier molecular flexibility index (Phi) is 7.77. The van der Waals surface area contributed by atoms with E-state index in [2.05, 4.69) is 36.4 Å². The fraction of sp³-hybridized carbons (Fsp3) is 0.370. The largest absolute Gasteiger partial charge is 0.497 e. The van der Waals surface area contributed by atoms with Gasteiger partial charge in [0.15, 0.2) is 5.13 Å². The van der Waals surface area contributed by atoms with E-state index >= 15 is 0 Å². The summed E-state index contributed by atoms with van der Waals surface area (Å²) >= 11 is 1.41. The molecule has 3 aromatic rings. The van der Waals surface area contributed by atoms with Gasteiger partial charge in [0.1, 0.15) is 11.8 Å². The Bertz CT molecular complexity index is 1140. The van der Waals surface area contributed by atoms with E-state index in [9.17, 15) is 9.59 Å². The highest BCUT2D eigenvalue weighted by molar-refractivity contribution is 7.16. The number of benzene rings is 2. The molecule has 0 bridgehead atoms. The van der Waals surface area contributed by atoms with Gasteiger partial charge in [-0.15, -0.1) is 11.3 Å². The summed E-state index contributed by atoms with van der Waals surface area (Å²) < 4.78 is 5.22. The lowest BCUT2D eigenvalue weighted by Crippen LogP contribution is -2.47. The van der Waals surface area contributed by atoms with Gasteiger partial charge in [-0.1, -0.05) is 46.8 Å². The maximum absolute atomic E-state index is 13.1. The second kappa shape index (κ2) is 10.4. The summed E-state index contributed by atoms with van der Waals surface area (Å²) in [4.78, 5) is 31.5. The van der Waals surface area contributed by atoms with Gasteiger partial charge >= 0.3 is 0 Å². The summed E-state index contributed by atoms with van der Waals surface area (Å²) in [6.07, 6.45) is 0. The zero-order chi connectivity index (χ0) is 25.0. The van der Waals surface area contributed by atoms with Gasteiger partial charge in [0.25, 0.3) is 5.91 Å². The predicted molar refractivity (Wildman–Crippen MR) is 139 cm³/mol. The third kappa shape index (κ3) is 6.03. The smallest absolute Gasteiger partial charge is 0.251 e. The molecule has 2 aromatic carbocycles. The number of nitrogens with one attached hydrogen (secondary N) is 2. The maximum atomic E-state index is 13.1. The molecule has 1 heterocycles. The van der Waals surface area contributed by atoms with Crippen LogP contribution < -0.4 is 15.4 Å². The van der Waals surface area contributed by atoms with Gasteiger partial charge in [-0.05, 0) is 60.2 Å². The van der Waals surface area contributed by atoms with Crippen molar-refractivity contribution in [3.63, 3.8) is 0 Å². The molecule has 6 nitrogen and oxygen atoms in total. The van der Waals surface area contributed by atoms with Crippen LogP contribution in [-0.2, 0) is 10.2 Å². The number of ether oxygens (including phenoxy) is 1. The molecule has 1 aromatic heterocycles. The first kappa shape index (κ1) is 25.4. The standard InChI is InChI=1S/C27H33N3O3S/c1-16(2)22(28-24(31)19-8-12-20(13-9-19)27(4,5)6)25(32)30-26-29-23(17(3)34-26)18-10-14-21(33-7)15-11-18/h8-16,22H,1-7H3,(H,28,31)(H,29,30,32). The second-order valence-electron chi connectivity index (χ2n) is 9.66. The van der Waals surface area contributed by atoms with E-state index in [1.807, 2.05) is 57.2 Å². The van der Waals surface area contributed by atoms with Crippen LogP contribution in [0.25, 0.3) is 11.3 Å². The predicted octanol–water partition coefficient (Wildman–Crippen LogP) is 5.82. The van der Waals surface area contributed by atoms with Crippen molar-refractivity contribution >= 4 is 28.3 Å². The van der Waals surface area contributed by atoms with Crippen LogP contribution >= 0.6 is 11.3 Å². The molecule has 0 aliphatic carbocycles. The highest BCUT2D eigenvalue weighted by Gasteiger charge is 2.26. The molecule has 0 fully saturated rings. The van der Waals surface area contributed by atoms with Crippen LogP contribution in [0.4, 0.5) is 5.13 Å². The Morgan fingerprint density at radius 2 is 1.62 bits per heavy atom. The number of rotatable bonds is 7. The number of nitrogens with zero attached hydrogens (tertiary/aromatic N) is 1. The molecular weight excluding hydrogens is 446 g/mol. The highest BCUT2D eigenvalue weighted by Crippen LogP contribution is 2.31. The first-order chi connectivity index (χ1) is 16.0. The SMILES string of the molecule is COc1ccc(-c2nc(NC(=O)C(NC(=O)c3ccc(C(C)(C)C)cc3)C(C)C)sc2C)cc1. The van der Waals surface area contributed by atoms with Crippen molar-refractivity contribution in [1.29, 1.82) is 0 Å². The minimum Gasteiger partial charge on any atom is -0.497 e. The molecule has 2 N–H and O–H groups in total. The minimum absolute atomic E-state index is 0.00582. The van der Waals surface area contributed by atoms with Crippen LogP contribution in [0.2, 0.25) is 0 Å². The molecule has 0 aliphatic heterocycles. The number of anilines is 1. The number of amides is 2. The molecule has 1 atom stereocenters. The molecule has 2 amide bonds. The normalized spacial score (nSPS) is 12.4. The average molecular weight is 480 g/mol. The topological polar surface area (TPSA) is 80.3 Å². The van der Waals surface area contributed by atoms with E-state index in [0.717, 1.165) is 27.4 Å². The fourth-order valence-electron chi connectivity index (χ4n) is 3.53. The average Bonchev–Trinajstić information content (AvgIpc) is 3.16. The fourth-order valence-corrected chi connectivity index (χ4v) is 4.37. The van der Waals surface area contributed by atoms with Gasteiger partial charge in [-0.25, -0.2) is 4.98 Å². The molecule has 0 aliphatic rings. The quantitative estimate of drug-likeness (QED) is 0.448. The Morgan fingerprint density at radius 3 is 2.15 bits per heavy atom. The molecule has 3 rings (SSSR count). The maximum Gasteiger partial charge on any atom is 0.251 e. The highest BCUT2D eigenvalue weighted by atomic mass is 32.1. The van der Waals surface area contributed by atoms with Gasteiger partial charge in [0.2, 0.25) is 5.91 Å². The lowest BCUT2D eigenvalue weighted by molar-refractivity contribution is -0.118. The van der Waals surface area contributed by atoms with Crippen LogP contribution in [0.3, 0.4) is 0 Å².